The molecule has 0 radical (unpaired) electrons. The number of azo groups is 1. The fourth-order valence-electron chi connectivity index (χ4n) is 2.73. The fourth-order valence-corrected chi connectivity index (χ4v) is 2.73. The van der Waals surface area contributed by atoms with E-state index in [1.165, 1.54) is 24.6 Å². The van der Waals surface area contributed by atoms with E-state index in [0.29, 0.717) is 11.3 Å². The van der Waals surface area contributed by atoms with Crippen LogP contribution in [0.5, 0.6) is 11.5 Å². The molecule has 1 fully saturated rings. The Labute approximate surface area is 140 Å². The Kier molecular flexibility index (Phi) is 4.62. The van der Waals surface area contributed by atoms with E-state index in [1.54, 1.807) is 12.1 Å². The van der Waals surface area contributed by atoms with Gasteiger partial charge in [-0.1, -0.05) is 0 Å². The average molecular weight is 322 g/mol. The summed E-state index contributed by atoms with van der Waals surface area (Å²) in [5, 5.41) is 36.7. The molecule has 1 aliphatic rings. The number of rotatable bonds is 3. The van der Waals surface area contributed by atoms with Crippen LogP contribution in [0.4, 0.5) is 17.1 Å². The lowest BCUT2D eigenvalue weighted by Crippen LogP contribution is -2.29. The zero-order valence-corrected chi connectivity index (χ0v) is 13.2. The second-order valence-electron chi connectivity index (χ2n) is 5.74. The van der Waals surface area contributed by atoms with Gasteiger partial charge in [-0.2, -0.15) is 5.26 Å². The van der Waals surface area contributed by atoms with Crippen LogP contribution in [-0.4, -0.2) is 23.3 Å². The van der Waals surface area contributed by atoms with Crippen LogP contribution < -0.4 is 4.90 Å². The predicted octanol–water partition coefficient (Wildman–Crippen LogP) is 4.38. The first-order valence-corrected chi connectivity index (χ1v) is 7.90. The van der Waals surface area contributed by atoms with Crippen LogP contribution in [0.15, 0.2) is 46.6 Å². The Morgan fingerprint density at radius 3 is 2.33 bits per heavy atom. The lowest BCUT2D eigenvalue weighted by atomic mass is 10.1. The van der Waals surface area contributed by atoms with Crippen LogP contribution in [0.2, 0.25) is 0 Å². The molecule has 0 aromatic heterocycles. The molecule has 122 valence electrons. The van der Waals surface area contributed by atoms with Gasteiger partial charge in [0.1, 0.15) is 22.9 Å². The van der Waals surface area contributed by atoms with Gasteiger partial charge in [0.25, 0.3) is 0 Å². The third-order valence-electron chi connectivity index (χ3n) is 4.05. The van der Waals surface area contributed by atoms with Gasteiger partial charge in [-0.05, 0) is 49.6 Å². The highest BCUT2D eigenvalue weighted by Gasteiger charge is 2.12. The van der Waals surface area contributed by atoms with Crippen LogP contribution in [0.3, 0.4) is 0 Å². The maximum absolute atomic E-state index is 10.2. The van der Waals surface area contributed by atoms with E-state index in [9.17, 15) is 10.2 Å². The summed E-state index contributed by atoms with van der Waals surface area (Å²) in [5.74, 6) is -0.0278. The molecule has 0 unspecified atom stereocenters. The van der Waals surface area contributed by atoms with Crippen molar-refractivity contribution >= 4 is 17.1 Å². The van der Waals surface area contributed by atoms with Gasteiger partial charge in [0.05, 0.1) is 11.6 Å². The van der Waals surface area contributed by atoms with Crippen molar-refractivity contribution < 1.29 is 10.2 Å². The number of anilines is 1. The van der Waals surface area contributed by atoms with Gasteiger partial charge in [0, 0.05) is 24.8 Å². The van der Waals surface area contributed by atoms with Gasteiger partial charge >= 0.3 is 0 Å². The van der Waals surface area contributed by atoms with Crippen LogP contribution in [0, 0.1) is 11.3 Å². The van der Waals surface area contributed by atoms with E-state index < -0.39 is 0 Å². The van der Waals surface area contributed by atoms with Crippen molar-refractivity contribution in [2.45, 2.75) is 19.3 Å². The number of benzene rings is 2. The van der Waals surface area contributed by atoms with Crippen LogP contribution in [0.25, 0.3) is 0 Å². The fraction of sp³-hybridized carbons (Fsp3) is 0.278. The SMILES string of the molecule is N#Cc1ccc(O)c(N=Nc2ccc(N3CCCCC3)cc2O)c1. The Balaban J connectivity index is 1.81. The molecule has 1 heterocycles. The van der Waals surface area contributed by atoms with E-state index in [1.807, 2.05) is 12.1 Å². The number of phenols is 2. The van der Waals surface area contributed by atoms with Gasteiger partial charge in [0.15, 0.2) is 0 Å². The molecule has 0 amide bonds. The first-order chi connectivity index (χ1) is 11.7. The molecular formula is C18H18N4O2. The first-order valence-electron chi connectivity index (χ1n) is 7.90. The lowest BCUT2D eigenvalue weighted by molar-refractivity contribution is 0.473. The third-order valence-corrected chi connectivity index (χ3v) is 4.05. The predicted molar refractivity (Wildman–Crippen MR) is 91.2 cm³/mol. The van der Waals surface area contributed by atoms with E-state index >= 15 is 0 Å². The number of piperidine rings is 1. The minimum Gasteiger partial charge on any atom is -0.506 e. The average Bonchev–Trinajstić information content (AvgIpc) is 2.62. The summed E-state index contributed by atoms with van der Waals surface area (Å²) in [7, 11) is 0. The van der Waals surface area contributed by atoms with Gasteiger partial charge in [-0.3, -0.25) is 0 Å². The molecule has 1 aliphatic heterocycles. The van der Waals surface area contributed by atoms with Crippen molar-refractivity contribution in [1.82, 2.24) is 0 Å². The highest BCUT2D eigenvalue weighted by molar-refractivity contribution is 5.62. The normalized spacial score (nSPS) is 14.7. The summed E-state index contributed by atoms with van der Waals surface area (Å²) < 4.78 is 0. The molecule has 3 rings (SSSR count). The molecule has 0 bridgehead atoms. The largest absolute Gasteiger partial charge is 0.506 e. The number of phenolic OH excluding ortho intramolecular Hbond substituents is 2. The quantitative estimate of drug-likeness (QED) is 0.820. The van der Waals surface area contributed by atoms with Gasteiger partial charge < -0.3 is 15.1 Å². The molecule has 2 aromatic rings. The first kappa shape index (κ1) is 15.8. The topological polar surface area (TPSA) is 92.2 Å². The zero-order valence-electron chi connectivity index (χ0n) is 13.2. The monoisotopic (exact) mass is 322 g/mol. The standard InChI is InChI=1S/C18H18N4O2/c19-12-13-4-7-17(23)16(10-13)21-20-15-6-5-14(11-18(15)24)22-8-2-1-3-9-22/h4-7,10-11,23-24H,1-3,8-9H2. The molecule has 2 aromatic carbocycles. The minimum atomic E-state index is -0.0674. The van der Waals surface area contributed by atoms with Crippen molar-refractivity contribution in [3.05, 3.63) is 42.0 Å². The molecule has 1 saturated heterocycles. The second kappa shape index (κ2) is 7.01. The molecule has 0 saturated carbocycles. The van der Waals surface area contributed by atoms with Crippen LogP contribution in [0.1, 0.15) is 24.8 Å². The number of hydrogen-bond donors (Lipinski definition) is 2. The molecule has 2 N–H and O–H groups in total. The third kappa shape index (κ3) is 3.46. The van der Waals surface area contributed by atoms with Crippen molar-refractivity contribution in [2.24, 2.45) is 10.2 Å². The van der Waals surface area contributed by atoms with Crippen molar-refractivity contribution in [1.29, 1.82) is 5.26 Å². The molecule has 6 heteroatoms. The Hall–Kier alpha value is -3.07. The van der Waals surface area contributed by atoms with Crippen molar-refractivity contribution in [3.8, 4) is 17.6 Å². The highest BCUT2D eigenvalue weighted by atomic mass is 16.3. The van der Waals surface area contributed by atoms with E-state index in [-0.39, 0.29) is 17.2 Å². The van der Waals surface area contributed by atoms with E-state index in [0.717, 1.165) is 31.6 Å². The Morgan fingerprint density at radius 1 is 0.875 bits per heavy atom. The summed E-state index contributed by atoms with van der Waals surface area (Å²) in [6.45, 7) is 1.99. The van der Waals surface area contributed by atoms with Crippen molar-refractivity contribution in [2.75, 3.05) is 18.0 Å². The van der Waals surface area contributed by atoms with Crippen molar-refractivity contribution in [3.63, 3.8) is 0 Å². The zero-order chi connectivity index (χ0) is 16.9. The van der Waals surface area contributed by atoms with Gasteiger partial charge in [-0.25, -0.2) is 0 Å². The molecule has 0 atom stereocenters. The maximum Gasteiger partial charge on any atom is 0.145 e. The van der Waals surface area contributed by atoms with Crippen LogP contribution >= 0.6 is 0 Å². The molecule has 24 heavy (non-hydrogen) atoms. The van der Waals surface area contributed by atoms with E-state index in [2.05, 4.69) is 15.1 Å². The molecule has 6 nitrogen and oxygen atoms in total. The number of nitriles is 1. The lowest BCUT2D eigenvalue weighted by Gasteiger charge is -2.28. The van der Waals surface area contributed by atoms with Gasteiger partial charge in [-0.15, -0.1) is 10.2 Å². The Bertz CT molecular complexity index is 805. The summed E-state index contributed by atoms with van der Waals surface area (Å²) in [4.78, 5) is 2.24. The molecule has 0 spiro atoms. The highest BCUT2D eigenvalue weighted by Crippen LogP contribution is 2.35. The molecule has 0 aliphatic carbocycles. The molecular weight excluding hydrogens is 304 g/mol. The summed E-state index contributed by atoms with van der Waals surface area (Å²) in [5.41, 5.74) is 1.86. The smallest absolute Gasteiger partial charge is 0.145 e. The maximum atomic E-state index is 10.2. The number of nitrogens with zero attached hydrogens (tertiary/aromatic N) is 4. The number of aromatic hydroxyl groups is 2. The summed E-state index contributed by atoms with van der Waals surface area (Å²) in [6, 6.07) is 11.6. The second-order valence-corrected chi connectivity index (χ2v) is 5.74. The summed E-state index contributed by atoms with van der Waals surface area (Å²) in [6.07, 6.45) is 3.58. The Morgan fingerprint density at radius 2 is 1.62 bits per heavy atom. The number of hydrogen-bond acceptors (Lipinski definition) is 6. The summed E-state index contributed by atoms with van der Waals surface area (Å²) >= 11 is 0. The van der Waals surface area contributed by atoms with E-state index in [4.69, 9.17) is 5.26 Å². The minimum absolute atomic E-state index is 0.0396. The van der Waals surface area contributed by atoms with Crippen LogP contribution in [-0.2, 0) is 0 Å². The van der Waals surface area contributed by atoms with Gasteiger partial charge in [0.2, 0.25) is 0 Å².